The van der Waals surface area contributed by atoms with Gasteiger partial charge in [0.2, 0.25) is 0 Å². The van der Waals surface area contributed by atoms with E-state index in [0.29, 0.717) is 34.2 Å². The van der Waals surface area contributed by atoms with Gasteiger partial charge >= 0.3 is 6.09 Å². The largest absolute Gasteiger partial charge is 0.493 e. The van der Waals surface area contributed by atoms with E-state index in [1.165, 1.54) is 29.2 Å². The first-order valence-electron chi connectivity index (χ1n) is 12.9. The van der Waals surface area contributed by atoms with Gasteiger partial charge in [0, 0.05) is 11.3 Å². The van der Waals surface area contributed by atoms with Gasteiger partial charge in [-0.1, -0.05) is 25.1 Å². The predicted molar refractivity (Wildman–Crippen MR) is 147 cm³/mol. The van der Waals surface area contributed by atoms with Crippen LogP contribution in [0.25, 0.3) is 0 Å². The topological polar surface area (TPSA) is 89.5 Å². The third-order valence-corrected chi connectivity index (χ3v) is 7.57. The molecule has 2 amide bonds. The summed E-state index contributed by atoms with van der Waals surface area (Å²) in [6.45, 7) is 2.20. The summed E-state index contributed by atoms with van der Waals surface area (Å²) >= 11 is 1.39. The maximum absolute atomic E-state index is 12.8. The van der Waals surface area contributed by atoms with E-state index in [4.69, 9.17) is 19.3 Å². The first-order chi connectivity index (χ1) is 18.5. The molecule has 1 N–H and O–H groups in total. The van der Waals surface area contributed by atoms with Crippen molar-refractivity contribution in [1.82, 2.24) is 5.01 Å². The summed E-state index contributed by atoms with van der Waals surface area (Å²) in [5.74, 6) is 1.20. The number of benzene rings is 2. The van der Waals surface area contributed by atoms with Gasteiger partial charge in [-0.05, 0) is 79.4 Å². The van der Waals surface area contributed by atoms with Gasteiger partial charge in [0.05, 0.1) is 24.6 Å². The molecule has 8 nitrogen and oxygen atoms in total. The number of nitrogens with zero attached hydrogens (tertiary/aromatic N) is 2. The monoisotopic (exact) mass is 533 g/mol. The van der Waals surface area contributed by atoms with E-state index in [-0.39, 0.29) is 18.6 Å². The van der Waals surface area contributed by atoms with Crippen LogP contribution in [0.1, 0.15) is 59.8 Å². The van der Waals surface area contributed by atoms with Crippen molar-refractivity contribution in [3.8, 4) is 11.5 Å². The summed E-state index contributed by atoms with van der Waals surface area (Å²) in [4.78, 5) is 25.7. The molecule has 1 unspecified atom stereocenters. The Hall–Kier alpha value is -3.85. The van der Waals surface area contributed by atoms with Crippen LogP contribution in [0, 0.1) is 0 Å². The molecule has 1 saturated carbocycles. The standard InChI is InChI=1S/C29H31N3O5S/c1-3-23-27(20-12-15-24(35-2)25(17-20)36-22-7-4-5-8-22)31-32(29(34)37-23)18-19-10-13-21(14-11-19)30-28(33)26-9-6-16-38-26/h6,9-17,22-23H,3-5,7-8,18H2,1-2H3,(H,30,33). The van der Waals surface area contributed by atoms with Crippen molar-refractivity contribution in [2.75, 3.05) is 12.4 Å². The van der Waals surface area contributed by atoms with Crippen LogP contribution < -0.4 is 14.8 Å². The van der Waals surface area contributed by atoms with Gasteiger partial charge in [-0.15, -0.1) is 11.3 Å². The van der Waals surface area contributed by atoms with E-state index < -0.39 is 12.2 Å². The molecule has 1 aliphatic carbocycles. The van der Waals surface area contributed by atoms with Crippen molar-refractivity contribution in [2.45, 2.75) is 57.8 Å². The molecule has 2 aliphatic rings. The molecule has 2 aromatic carbocycles. The lowest BCUT2D eigenvalue weighted by atomic mass is 10.0. The molecule has 0 bridgehead atoms. The Balaban J connectivity index is 1.34. The van der Waals surface area contributed by atoms with Crippen LogP contribution in [-0.2, 0) is 11.3 Å². The van der Waals surface area contributed by atoms with Crippen LogP contribution in [-0.4, -0.2) is 42.0 Å². The number of ether oxygens (including phenoxy) is 3. The number of nitrogens with one attached hydrogen (secondary N) is 1. The van der Waals surface area contributed by atoms with Crippen LogP contribution in [0.5, 0.6) is 11.5 Å². The van der Waals surface area contributed by atoms with Gasteiger partial charge in [-0.3, -0.25) is 4.79 Å². The summed E-state index contributed by atoms with van der Waals surface area (Å²) in [5.41, 5.74) is 3.03. The van der Waals surface area contributed by atoms with Gasteiger partial charge in [-0.2, -0.15) is 10.1 Å². The SMILES string of the molecule is CCC1OC(=O)N(Cc2ccc(NC(=O)c3cccs3)cc2)N=C1c1ccc(OC)c(OC2CCCC2)c1. The number of methoxy groups -OCH3 is 1. The summed E-state index contributed by atoms with van der Waals surface area (Å²) in [6, 6.07) is 16.7. The molecule has 38 heavy (non-hydrogen) atoms. The molecule has 3 aromatic rings. The number of carbonyl (C=O) groups is 2. The van der Waals surface area contributed by atoms with Crippen LogP contribution in [0.15, 0.2) is 65.1 Å². The smallest absolute Gasteiger partial charge is 0.431 e. The highest BCUT2D eigenvalue weighted by Gasteiger charge is 2.31. The molecule has 2 heterocycles. The molecular weight excluding hydrogens is 502 g/mol. The fourth-order valence-electron chi connectivity index (χ4n) is 4.67. The summed E-state index contributed by atoms with van der Waals surface area (Å²) in [7, 11) is 1.63. The summed E-state index contributed by atoms with van der Waals surface area (Å²) < 4.78 is 17.6. The van der Waals surface area contributed by atoms with E-state index in [1.807, 2.05) is 60.8 Å². The lowest BCUT2D eigenvalue weighted by molar-refractivity contribution is 0.0712. The minimum atomic E-state index is -0.494. The Kier molecular flexibility index (Phi) is 7.93. The van der Waals surface area contributed by atoms with E-state index >= 15 is 0 Å². The summed E-state index contributed by atoms with van der Waals surface area (Å²) in [6.07, 6.45) is 4.24. The van der Waals surface area contributed by atoms with E-state index in [0.717, 1.165) is 24.0 Å². The number of hydrogen-bond donors (Lipinski definition) is 1. The zero-order valence-electron chi connectivity index (χ0n) is 21.5. The second-order valence-corrected chi connectivity index (χ2v) is 10.3. The molecule has 0 saturated heterocycles. The van der Waals surface area contributed by atoms with Crippen molar-refractivity contribution in [1.29, 1.82) is 0 Å². The van der Waals surface area contributed by atoms with Gasteiger partial charge < -0.3 is 19.5 Å². The van der Waals surface area contributed by atoms with E-state index in [9.17, 15) is 9.59 Å². The van der Waals surface area contributed by atoms with Crippen LogP contribution >= 0.6 is 11.3 Å². The lowest BCUT2D eigenvalue weighted by Crippen LogP contribution is -2.41. The highest BCUT2D eigenvalue weighted by molar-refractivity contribution is 7.12. The number of thiophene rings is 1. The minimum absolute atomic E-state index is 0.150. The number of carbonyl (C=O) groups excluding carboxylic acids is 2. The van der Waals surface area contributed by atoms with Crippen LogP contribution in [0.4, 0.5) is 10.5 Å². The maximum atomic E-state index is 12.8. The number of anilines is 1. The molecule has 1 fully saturated rings. The quantitative estimate of drug-likeness (QED) is 0.341. The fraction of sp³-hybridized carbons (Fsp3) is 0.345. The number of cyclic esters (lactones) is 1. The Bertz CT molecular complexity index is 1300. The van der Waals surface area contributed by atoms with Gasteiger partial charge in [0.1, 0.15) is 11.8 Å². The van der Waals surface area contributed by atoms with Crippen molar-refractivity contribution in [2.24, 2.45) is 5.10 Å². The highest BCUT2D eigenvalue weighted by atomic mass is 32.1. The van der Waals surface area contributed by atoms with E-state index in [1.54, 1.807) is 13.2 Å². The van der Waals surface area contributed by atoms with Gasteiger partial charge in [0.15, 0.2) is 11.5 Å². The van der Waals surface area contributed by atoms with Crippen molar-refractivity contribution >= 4 is 34.7 Å². The third-order valence-electron chi connectivity index (χ3n) is 6.70. The predicted octanol–water partition coefficient (Wildman–Crippen LogP) is 6.47. The first kappa shape index (κ1) is 25.8. The highest BCUT2D eigenvalue weighted by Crippen LogP contribution is 2.34. The van der Waals surface area contributed by atoms with Crippen molar-refractivity contribution in [3.05, 3.63) is 76.0 Å². The number of rotatable bonds is 9. The van der Waals surface area contributed by atoms with Crippen LogP contribution in [0.2, 0.25) is 0 Å². The average Bonchev–Trinajstić information content (AvgIpc) is 3.66. The lowest BCUT2D eigenvalue weighted by Gasteiger charge is -2.29. The van der Waals surface area contributed by atoms with Crippen molar-refractivity contribution in [3.63, 3.8) is 0 Å². The Labute approximate surface area is 226 Å². The zero-order chi connectivity index (χ0) is 26.5. The molecule has 5 rings (SSSR count). The average molecular weight is 534 g/mol. The third kappa shape index (κ3) is 5.83. The second kappa shape index (κ2) is 11.7. The molecule has 1 atom stereocenters. The van der Waals surface area contributed by atoms with E-state index in [2.05, 4.69) is 5.32 Å². The molecule has 1 aromatic heterocycles. The molecular formula is C29H31N3O5S. The summed E-state index contributed by atoms with van der Waals surface area (Å²) in [5, 5.41) is 10.8. The Morgan fingerprint density at radius 3 is 2.61 bits per heavy atom. The normalized spacial score (nSPS) is 17.6. The molecule has 198 valence electrons. The minimum Gasteiger partial charge on any atom is -0.493 e. The van der Waals surface area contributed by atoms with Crippen LogP contribution in [0.3, 0.4) is 0 Å². The molecule has 0 spiro atoms. The van der Waals surface area contributed by atoms with Gasteiger partial charge in [-0.25, -0.2) is 4.79 Å². The maximum Gasteiger partial charge on any atom is 0.431 e. The number of hydrazone groups is 1. The number of hydrogen-bond acceptors (Lipinski definition) is 7. The van der Waals surface area contributed by atoms with Gasteiger partial charge in [0.25, 0.3) is 5.91 Å². The zero-order valence-corrected chi connectivity index (χ0v) is 22.3. The molecule has 9 heteroatoms. The molecule has 1 aliphatic heterocycles. The second-order valence-electron chi connectivity index (χ2n) is 9.34. The fourth-order valence-corrected chi connectivity index (χ4v) is 5.29. The number of amides is 2. The first-order valence-corrected chi connectivity index (χ1v) is 13.8. The molecule has 0 radical (unpaired) electrons. The Morgan fingerprint density at radius 2 is 1.92 bits per heavy atom. The van der Waals surface area contributed by atoms with Crippen molar-refractivity contribution < 1.29 is 23.8 Å². The Morgan fingerprint density at radius 1 is 1.13 bits per heavy atom.